The number of halogens is 1. The van der Waals surface area contributed by atoms with Crippen molar-refractivity contribution >= 4 is 17.4 Å². The van der Waals surface area contributed by atoms with Gasteiger partial charge in [-0.15, -0.1) is 0 Å². The Morgan fingerprint density at radius 2 is 2.21 bits per heavy atom. The molecule has 0 aliphatic heterocycles. The van der Waals surface area contributed by atoms with Gasteiger partial charge >= 0.3 is 0 Å². The van der Waals surface area contributed by atoms with Crippen molar-refractivity contribution in [2.24, 2.45) is 5.73 Å². The van der Waals surface area contributed by atoms with Gasteiger partial charge in [-0.3, -0.25) is 0 Å². The zero-order chi connectivity index (χ0) is 10.6. The molecule has 0 unspecified atom stereocenters. The monoisotopic (exact) mass is 213 g/mol. The van der Waals surface area contributed by atoms with Gasteiger partial charge < -0.3 is 10.6 Å². The van der Waals surface area contributed by atoms with Crippen molar-refractivity contribution in [1.29, 1.82) is 0 Å². The van der Waals surface area contributed by atoms with E-state index in [0.29, 0.717) is 11.6 Å². The first kappa shape index (κ1) is 11.3. The van der Waals surface area contributed by atoms with Crippen molar-refractivity contribution in [1.82, 2.24) is 4.98 Å². The highest BCUT2D eigenvalue weighted by molar-refractivity contribution is 6.32. The molecule has 0 aliphatic carbocycles. The molecule has 1 aromatic rings. The molecule has 78 valence electrons. The van der Waals surface area contributed by atoms with E-state index in [9.17, 15) is 0 Å². The second kappa shape index (κ2) is 5.17. The van der Waals surface area contributed by atoms with Crippen molar-refractivity contribution < 1.29 is 0 Å². The highest BCUT2D eigenvalue weighted by Gasteiger charge is 2.07. The fourth-order valence-electron chi connectivity index (χ4n) is 1.29. The average Bonchev–Trinajstić information content (AvgIpc) is 2.19. The summed E-state index contributed by atoms with van der Waals surface area (Å²) in [5, 5.41) is 0.679. The van der Waals surface area contributed by atoms with Gasteiger partial charge in [0.05, 0.1) is 10.7 Å². The van der Waals surface area contributed by atoms with Gasteiger partial charge in [-0.2, -0.15) is 0 Å². The van der Waals surface area contributed by atoms with E-state index in [2.05, 4.69) is 11.9 Å². The smallest absolute Gasteiger partial charge is 0.147 e. The molecule has 0 bridgehead atoms. The van der Waals surface area contributed by atoms with Crippen molar-refractivity contribution in [3.8, 4) is 0 Å². The van der Waals surface area contributed by atoms with E-state index in [1.165, 1.54) is 0 Å². The third kappa shape index (κ3) is 2.59. The SMILES string of the molecule is CCCN(C)c1nc(CN)ccc1Cl. The molecule has 1 heterocycles. The highest BCUT2D eigenvalue weighted by Crippen LogP contribution is 2.22. The first-order valence-corrected chi connectivity index (χ1v) is 5.13. The van der Waals surface area contributed by atoms with Gasteiger partial charge in [-0.25, -0.2) is 4.98 Å². The van der Waals surface area contributed by atoms with Crippen molar-refractivity contribution in [3.05, 3.63) is 22.8 Å². The molecule has 0 radical (unpaired) electrons. The van der Waals surface area contributed by atoms with Gasteiger partial charge in [0.2, 0.25) is 0 Å². The zero-order valence-electron chi connectivity index (χ0n) is 8.63. The maximum atomic E-state index is 6.04. The number of nitrogens with zero attached hydrogens (tertiary/aromatic N) is 2. The first-order chi connectivity index (χ1) is 6.69. The fourth-order valence-corrected chi connectivity index (χ4v) is 1.54. The van der Waals surface area contributed by atoms with Crippen LogP contribution in [0, 0.1) is 0 Å². The average molecular weight is 214 g/mol. The molecule has 0 spiro atoms. The Labute approximate surface area is 89.9 Å². The molecular formula is C10H16ClN3. The molecule has 3 nitrogen and oxygen atoms in total. The molecular weight excluding hydrogens is 198 g/mol. The summed E-state index contributed by atoms with van der Waals surface area (Å²) in [4.78, 5) is 6.42. The van der Waals surface area contributed by atoms with Gasteiger partial charge in [0.15, 0.2) is 0 Å². The number of nitrogens with two attached hydrogens (primary N) is 1. The van der Waals surface area contributed by atoms with Crippen molar-refractivity contribution in [2.45, 2.75) is 19.9 Å². The number of pyridine rings is 1. The van der Waals surface area contributed by atoms with E-state index in [1.54, 1.807) is 0 Å². The molecule has 4 heteroatoms. The minimum atomic E-state index is 0.449. The van der Waals surface area contributed by atoms with E-state index >= 15 is 0 Å². The Kier molecular flexibility index (Phi) is 4.17. The maximum absolute atomic E-state index is 6.04. The van der Waals surface area contributed by atoms with Crippen LogP contribution in [0.1, 0.15) is 19.0 Å². The molecule has 0 fully saturated rings. The molecule has 1 rings (SSSR count). The minimum Gasteiger partial charge on any atom is -0.358 e. The van der Waals surface area contributed by atoms with Gasteiger partial charge in [0.1, 0.15) is 5.82 Å². The standard InChI is InChI=1S/C10H16ClN3/c1-3-6-14(2)10-9(11)5-4-8(7-12)13-10/h4-5H,3,6-7,12H2,1-2H3. The van der Waals surface area contributed by atoms with E-state index in [1.807, 2.05) is 24.1 Å². The van der Waals surface area contributed by atoms with E-state index in [4.69, 9.17) is 17.3 Å². The van der Waals surface area contributed by atoms with E-state index < -0.39 is 0 Å². The van der Waals surface area contributed by atoms with E-state index in [0.717, 1.165) is 24.5 Å². The summed E-state index contributed by atoms with van der Waals surface area (Å²) < 4.78 is 0. The Bertz CT molecular complexity index is 301. The van der Waals surface area contributed by atoms with Gasteiger partial charge in [0, 0.05) is 20.1 Å². The van der Waals surface area contributed by atoms with Crippen LogP contribution < -0.4 is 10.6 Å². The molecule has 0 aromatic carbocycles. The predicted octanol–water partition coefficient (Wildman–Crippen LogP) is 2.04. The lowest BCUT2D eigenvalue weighted by atomic mass is 10.3. The topological polar surface area (TPSA) is 42.2 Å². The van der Waals surface area contributed by atoms with Crippen LogP contribution in [-0.4, -0.2) is 18.6 Å². The summed E-state index contributed by atoms with van der Waals surface area (Å²) in [6, 6.07) is 3.70. The summed E-state index contributed by atoms with van der Waals surface area (Å²) in [5.74, 6) is 0.816. The summed E-state index contributed by atoms with van der Waals surface area (Å²) in [7, 11) is 1.98. The predicted molar refractivity (Wildman–Crippen MR) is 60.7 cm³/mol. The third-order valence-electron chi connectivity index (χ3n) is 2.01. The van der Waals surface area contributed by atoms with Crippen LogP contribution in [0.5, 0.6) is 0 Å². The van der Waals surface area contributed by atoms with Gasteiger partial charge in [-0.1, -0.05) is 18.5 Å². The second-order valence-electron chi connectivity index (χ2n) is 3.23. The lowest BCUT2D eigenvalue weighted by Crippen LogP contribution is -2.20. The van der Waals surface area contributed by atoms with Crippen LogP contribution in [0.3, 0.4) is 0 Å². The number of anilines is 1. The molecule has 14 heavy (non-hydrogen) atoms. The van der Waals surface area contributed by atoms with Crippen LogP contribution in [0.25, 0.3) is 0 Å². The zero-order valence-corrected chi connectivity index (χ0v) is 9.38. The summed E-state index contributed by atoms with van der Waals surface area (Å²) in [6.45, 7) is 3.52. The van der Waals surface area contributed by atoms with Gasteiger partial charge in [-0.05, 0) is 18.6 Å². The molecule has 0 amide bonds. The number of aromatic nitrogens is 1. The number of hydrogen-bond acceptors (Lipinski definition) is 3. The van der Waals surface area contributed by atoms with Gasteiger partial charge in [0.25, 0.3) is 0 Å². The Morgan fingerprint density at radius 1 is 1.50 bits per heavy atom. The molecule has 0 aliphatic rings. The quantitative estimate of drug-likeness (QED) is 0.833. The Morgan fingerprint density at radius 3 is 2.79 bits per heavy atom. The second-order valence-corrected chi connectivity index (χ2v) is 3.64. The highest BCUT2D eigenvalue weighted by atomic mass is 35.5. The maximum Gasteiger partial charge on any atom is 0.147 e. The summed E-state index contributed by atoms with van der Waals surface area (Å²) in [6.07, 6.45) is 1.07. The summed E-state index contributed by atoms with van der Waals surface area (Å²) >= 11 is 6.04. The number of rotatable bonds is 4. The Balaban J connectivity index is 2.93. The van der Waals surface area contributed by atoms with Crippen LogP contribution in [0.2, 0.25) is 5.02 Å². The lowest BCUT2D eigenvalue weighted by Gasteiger charge is -2.18. The molecule has 2 N–H and O–H groups in total. The van der Waals surface area contributed by atoms with Crippen molar-refractivity contribution in [3.63, 3.8) is 0 Å². The van der Waals surface area contributed by atoms with Crippen LogP contribution >= 0.6 is 11.6 Å². The van der Waals surface area contributed by atoms with Crippen LogP contribution in [0.4, 0.5) is 5.82 Å². The largest absolute Gasteiger partial charge is 0.358 e. The third-order valence-corrected chi connectivity index (χ3v) is 2.31. The first-order valence-electron chi connectivity index (χ1n) is 4.75. The fraction of sp³-hybridized carbons (Fsp3) is 0.500. The molecule has 0 saturated carbocycles. The molecule has 0 saturated heterocycles. The lowest BCUT2D eigenvalue weighted by molar-refractivity contribution is 0.829. The summed E-state index contributed by atoms with van der Waals surface area (Å²) in [5.41, 5.74) is 6.39. The van der Waals surface area contributed by atoms with Crippen molar-refractivity contribution in [2.75, 3.05) is 18.5 Å². The minimum absolute atomic E-state index is 0.449. The van der Waals surface area contributed by atoms with Crippen LogP contribution in [0.15, 0.2) is 12.1 Å². The normalized spacial score (nSPS) is 10.3. The Hall–Kier alpha value is -0.800. The number of hydrogen-bond donors (Lipinski definition) is 1. The van der Waals surface area contributed by atoms with E-state index in [-0.39, 0.29) is 0 Å². The molecule has 0 atom stereocenters. The molecule has 1 aromatic heterocycles. The van der Waals surface area contributed by atoms with Crippen LogP contribution in [-0.2, 0) is 6.54 Å².